The molecule has 0 amide bonds. The molecule has 6 rings (SSSR count). The van der Waals surface area contributed by atoms with Gasteiger partial charge in [0.15, 0.2) is 5.65 Å². The van der Waals surface area contributed by atoms with E-state index in [1.807, 2.05) is 24.4 Å². The van der Waals surface area contributed by atoms with Gasteiger partial charge in [0.25, 0.3) is 0 Å². The Morgan fingerprint density at radius 2 is 1.88 bits per heavy atom. The van der Waals surface area contributed by atoms with Crippen LogP contribution in [0.25, 0.3) is 17.0 Å². The van der Waals surface area contributed by atoms with Gasteiger partial charge in [0, 0.05) is 31.3 Å². The highest BCUT2D eigenvalue weighted by molar-refractivity contribution is 5.67. The van der Waals surface area contributed by atoms with Gasteiger partial charge in [-0.15, -0.1) is 0 Å². The summed E-state index contributed by atoms with van der Waals surface area (Å²) in [5.41, 5.74) is 3.52. The first-order valence-corrected chi connectivity index (χ1v) is 12.6. The SMILES string of the molecule is Cc1nc2c(nc1-c1cc3nc(N4CCCC4)cc(N[C@H]4CC[C@](C)(O)CC4)n3n1)OCCC2. The van der Waals surface area contributed by atoms with Crippen molar-refractivity contribution in [3.05, 3.63) is 23.5 Å². The number of nitrogens with zero attached hydrogens (tertiary/aromatic N) is 6. The molecule has 9 nitrogen and oxygen atoms in total. The van der Waals surface area contributed by atoms with Crippen LogP contribution in [0.2, 0.25) is 0 Å². The molecule has 0 atom stereocenters. The van der Waals surface area contributed by atoms with Crippen LogP contribution < -0.4 is 15.0 Å². The van der Waals surface area contributed by atoms with Crippen molar-refractivity contribution in [1.29, 1.82) is 0 Å². The average Bonchev–Trinajstić information content (AvgIpc) is 3.50. The van der Waals surface area contributed by atoms with Gasteiger partial charge in [-0.2, -0.15) is 9.61 Å². The lowest BCUT2D eigenvalue weighted by molar-refractivity contribution is 0.0196. The number of fused-ring (bicyclic) bond motifs is 2. The zero-order valence-electron chi connectivity index (χ0n) is 20.0. The third kappa shape index (κ3) is 4.06. The Bertz CT molecular complexity index is 1210. The third-order valence-electron chi connectivity index (χ3n) is 7.40. The molecule has 3 aliphatic rings. The number of aliphatic hydroxyl groups is 1. The zero-order chi connectivity index (χ0) is 23.3. The molecule has 180 valence electrons. The second kappa shape index (κ2) is 8.37. The van der Waals surface area contributed by atoms with E-state index in [2.05, 4.69) is 16.3 Å². The molecule has 5 heterocycles. The molecular formula is C25H33N7O2. The number of aromatic nitrogens is 5. The van der Waals surface area contributed by atoms with Gasteiger partial charge < -0.3 is 20.1 Å². The summed E-state index contributed by atoms with van der Waals surface area (Å²) in [7, 11) is 0. The predicted octanol–water partition coefficient (Wildman–Crippen LogP) is 3.53. The van der Waals surface area contributed by atoms with E-state index in [1.165, 1.54) is 12.8 Å². The minimum Gasteiger partial charge on any atom is -0.476 e. The number of ether oxygens (including phenoxy) is 1. The summed E-state index contributed by atoms with van der Waals surface area (Å²) >= 11 is 0. The first kappa shape index (κ1) is 21.6. The van der Waals surface area contributed by atoms with Crippen LogP contribution in [0.3, 0.4) is 0 Å². The van der Waals surface area contributed by atoms with E-state index in [0.29, 0.717) is 18.5 Å². The Morgan fingerprint density at radius 1 is 1.09 bits per heavy atom. The first-order valence-electron chi connectivity index (χ1n) is 12.6. The summed E-state index contributed by atoms with van der Waals surface area (Å²) in [4.78, 5) is 16.9. The fourth-order valence-corrected chi connectivity index (χ4v) is 5.36. The Labute approximate surface area is 199 Å². The highest BCUT2D eigenvalue weighted by Gasteiger charge is 2.29. The molecule has 0 bridgehead atoms. The Kier molecular flexibility index (Phi) is 5.32. The minimum atomic E-state index is -0.559. The van der Waals surface area contributed by atoms with Crippen LogP contribution in [-0.4, -0.2) is 61.0 Å². The van der Waals surface area contributed by atoms with Crippen LogP contribution >= 0.6 is 0 Å². The van der Waals surface area contributed by atoms with Gasteiger partial charge in [-0.3, -0.25) is 4.98 Å². The summed E-state index contributed by atoms with van der Waals surface area (Å²) in [6.45, 7) is 6.66. The van der Waals surface area contributed by atoms with Gasteiger partial charge in [0.1, 0.15) is 28.7 Å². The molecule has 3 aromatic rings. The van der Waals surface area contributed by atoms with Crippen molar-refractivity contribution >= 4 is 17.3 Å². The molecule has 1 aliphatic carbocycles. The molecule has 2 fully saturated rings. The molecule has 9 heteroatoms. The van der Waals surface area contributed by atoms with Gasteiger partial charge in [0.05, 0.1) is 17.9 Å². The van der Waals surface area contributed by atoms with Crippen LogP contribution in [0.15, 0.2) is 12.1 Å². The number of hydrogen-bond donors (Lipinski definition) is 2. The molecule has 2 N–H and O–H groups in total. The van der Waals surface area contributed by atoms with Gasteiger partial charge in [-0.05, 0) is 65.2 Å². The molecule has 0 spiro atoms. The van der Waals surface area contributed by atoms with Crippen LogP contribution in [-0.2, 0) is 6.42 Å². The number of anilines is 2. The molecule has 0 unspecified atom stereocenters. The lowest BCUT2D eigenvalue weighted by atomic mass is 9.84. The van der Waals surface area contributed by atoms with E-state index < -0.39 is 5.60 Å². The molecule has 0 radical (unpaired) electrons. The maximum Gasteiger partial charge on any atom is 0.236 e. The third-order valence-corrected chi connectivity index (χ3v) is 7.40. The number of aryl methyl sites for hydroxylation is 2. The van der Waals surface area contributed by atoms with E-state index in [-0.39, 0.29) is 0 Å². The predicted molar refractivity (Wildman–Crippen MR) is 131 cm³/mol. The van der Waals surface area contributed by atoms with Crippen molar-refractivity contribution in [3.8, 4) is 17.3 Å². The van der Waals surface area contributed by atoms with E-state index in [0.717, 1.165) is 91.7 Å². The Hall–Kier alpha value is -2.94. The summed E-state index contributed by atoms with van der Waals surface area (Å²) in [6.07, 6.45) is 7.72. The van der Waals surface area contributed by atoms with Crippen LogP contribution in [0.1, 0.15) is 63.3 Å². The largest absolute Gasteiger partial charge is 0.476 e. The van der Waals surface area contributed by atoms with Crippen molar-refractivity contribution in [1.82, 2.24) is 24.6 Å². The first-order chi connectivity index (χ1) is 16.4. The maximum absolute atomic E-state index is 10.4. The normalized spacial score (nSPS) is 24.8. The molecule has 2 aliphatic heterocycles. The summed E-state index contributed by atoms with van der Waals surface area (Å²) in [6, 6.07) is 4.42. The van der Waals surface area contributed by atoms with Gasteiger partial charge in [-0.1, -0.05) is 0 Å². The Morgan fingerprint density at radius 3 is 2.68 bits per heavy atom. The molecule has 1 saturated carbocycles. The van der Waals surface area contributed by atoms with Crippen LogP contribution in [0, 0.1) is 6.92 Å². The monoisotopic (exact) mass is 463 g/mol. The standard InChI is InChI=1S/C25H33N7O2/c1-16-23(29-24-18(26-16)6-5-13-34-24)19-14-21-28-20(31-11-3-4-12-31)15-22(32(21)30-19)27-17-7-9-25(2,33)10-8-17/h14-15,17,27,33H,3-13H2,1-2H3/t17-,25-. The highest BCUT2D eigenvalue weighted by atomic mass is 16.5. The van der Waals surface area contributed by atoms with E-state index in [4.69, 9.17) is 24.8 Å². The van der Waals surface area contributed by atoms with Crippen LogP contribution in [0.5, 0.6) is 5.88 Å². The molecular weight excluding hydrogens is 430 g/mol. The van der Waals surface area contributed by atoms with Crippen molar-refractivity contribution < 1.29 is 9.84 Å². The number of hydrogen-bond acceptors (Lipinski definition) is 8. The fourth-order valence-electron chi connectivity index (χ4n) is 5.36. The number of nitrogens with one attached hydrogen (secondary N) is 1. The fraction of sp³-hybridized carbons (Fsp3) is 0.600. The average molecular weight is 464 g/mol. The van der Waals surface area contributed by atoms with Gasteiger partial charge in [-0.25, -0.2) is 9.97 Å². The Balaban J connectivity index is 1.39. The quantitative estimate of drug-likeness (QED) is 0.606. The lowest BCUT2D eigenvalue weighted by Gasteiger charge is -2.34. The van der Waals surface area contributed by atoms with Crippen molar-refractivity contribution in [2.75, 3.05) is 29.9 Å². The van der Waals surface area contributed by atoms with E-state index >= 15 is 0 Å². The summed E-state index contributed by atoms with van der Waals surface area (Å²) in [5, 5.41) is 19.0. The highest BCUT2D eigenvalue weighted by Crippen LogP contribution is 2.32. The molecule has 34 heavy (non-hydrogen) atoms. The van der Waals surface area contributed by atoms with Crippen LogP contribution in [0.4, 0.5) is 11.6 Å². The minimum absolute atomic E-state index is 0.295. The molecule has 3 aromatic heterocycles. The van der Waals surface area contributed by atoms with Gasteiger partial charge >= 0.3 is 0 Å². The molecule has 1 saturated heterocycles. The second-order valence-electron chi connectivity index (χ2n) is 10.3. The smallest absolute Gasteiger partial charge is 0.236 e. The summed E-state index contributed by atoms with van der Waals surface area (Å²) in [5.74, 6) is 2.55. The zero-order valence-corrected chi connectivity index (χ0v) is 20.0. The second-order valence-corrected chi connectivity index (χ2v) is 10.3. The van der Waals surface area contributed by atoms with Crippen molar-refractivity contribution in [3.63, 3.8) is 0 Å². The number of rotatable bonds is 4. The van der Waals surface area contributed by atoms with E-state index in [1.54, 1.807) is 0 Å². The maximum atomic E-state index is 10.4. The summed E-state index contributed by atoms with van der Waals surface area (Å²) < 4.78 is 7.67. The lowest BCUT2D eigenvalue weighted by Crippen LogP contribution is -2.36. The van der Waals surface area contributed by atoms with E-state index in [9.17, 15) is 5.11 Å². The van der Waals surface area contributed by atoms with Crippen molar-refractivity contribution in [2.45, 2.75) is 76.9 Å². The topological polar surface area (TPSA) is 101 Å². The van der Waals surface area contributed by atoms with Crippen molar-refractivity contribution in [2.24, 2.45) is 0 Å². The molecule has 0 aromatic carbocycles. The van der Waals surface area contributed by atoms with Gasteiger partial charge in [0.2, 0.25) is 5.88 Å².